The van der Waals surface area contributed by atoms with Gasteiger partial charge < -0.3 is 15.9 Å². The summed E-state index contributed by atoms with van der Waals surface area (Å²) in [4.78, 5) is 12.2. The molecule has 26 heavy (non-hydrogen) atoms. The SMILES string of the molecule is COc1ccc(-c2nnc(SCC(=O)Nc3ccccc3C)n2N)cc1. The zero-order valence-electron chi connectivity index (χ0n) is 14.5. The van der Waals surface area contributed by atoms with E-state index in [-0.39, 0.29) is 11.7 Å². The lowest BCUT2D eigenvalue weighted by Gasteiger charge is -2.08. The molecule has 0 unspecified atom stereocenters. The van der Waals surface area contributed by atoms with E-state index < -0.39 is 0 Å². The molecule has 0 aliphatic carbocycles. The Balaban J connectivity index is 1.64. The standard InChI is InChI=1S/C18H19N5O2S/c1-12-5-3-4-6-15(12)20-16(24)11-26-18-22-21-17(23(18)19)13-7-9-14(25-2)10-8-13/h3-10H,11,19H2,1-2H3,(H,20,24). The molecule has 3 N–H and O–H groups in total. The number of carbonyl (C=O) groups excluding carboxylic acids is 1. The highest BCUT2D eigenvalue weighted by Gasteiger charge is 2.14. The van der Waals surface area contributed by atoms with E-state index >= 15 is 0 Å². The Morgan fingerprint density at radius 1 is 1.19 bits per heavy atom. The molecule has 0 fully saturated rings. The highest BCUT2D eigenvalue weighted by molar-refractivity contribution is 7.99. The van der Waals surface area contributed by atoms with Gasteiger partial charge in [-0.05, 0) is 42.8 Å². The Morgan fingerprint density at radius 2 is 1.92 bits per heavy atom. The molecule has 1 amide bonds. The smallest absolute Gasteiger partial charge is 0.234 e. The lowest BCUT2D eigenvalue weighted by atomic mass is 10.2. The summed E-state index contributed by atoms with van der Waals surface area (Å²) >= 11 is 1.23. The molecule has 2 aromatic carbocycles. The predicted molar refractivity (Wildman–Crippen MR) is 103 cm³/mol. The molecule has 1 heterocycles. The van der Waals surface area contributed by atoms with Gasteiger partial charge in [0.2, 0.25) is 11.1 Å². The predicted octanol–water partition coefficient (Wildman–Crippen LogP) is 2.71. The fraction of sp³-hybridized carbons (Fsp3) is 0.167. The summed E-state index contributed by atoms with van der Waals surface area (Å²) in [5.41, 5.74) is 2.62. The average molecular weight is 369 g/mol. The van der Waals surface area contributed by atoms with Crippen LogP contribution in [0.25, 0.3) is 11.4 Å². The van der Waals surface area contributed by atoms with E-state index in [0.29, 0.717) is 11.0 Å². The van der Waals surface area contributed by atoms with Crippen LogP contribution < -0.4 is 15.9 Å². The van der Waals surface area contributed by atoms with Crippen molar-refractivity contribution in [1.82, 2.24) is 14.9 Å². The fourth-order valence-electron chi connectivity index (χ4n) is 2.34. The van der Waals surface area contributed by atoms with Gasteiger partial charge in [0.05, 0.1) is 12.9 Å². The number of hydrogen-bond donors (Lipinski definition) is 2. The summed E-state index contributed by atoms with van der Waals surface area (Å²) in [6.07, 6.45) is 0. The number of benzene rings is 2. The van der Waals surface area contributed by atoms with Crippen LogP contribution in [0, 0.1) is 6.92 Å². The van der Waals surface area contributed by atoms with Crippen LogP contribution in [0.5, 0.6) is 5.75 Å². The van der Waals surface area contributed by atoms with Crippen molar-refractivity contribution in [3.05, 3.63) is 54.1 Å². The molecule has 0 atom stereocenters. The molecule has 0 bridgehead atoms. The molecule has 3 aromatic rings. The monoisotopic (exact) mass is 369 g/mol. The number of methoxy groups -OCH3 is 1. The number of rotatable bonds is 6. The van der Waals surface area contributed by atoms with Crippen molar-refractivity contribution in [3.8, 4) is 17.1 Å². The Morgan fingerprint density at radius 3 is 2.62 bits per heavy atom. The maximum Gasteiger partial charge on any atom is 0.234 e. The van der Waals surface area contributed by atoms with Crippen LogP contribution in [-0.4, -0.2) is 33.6 Å². The summed E-state index contributed by atoms with van der Waals surface area (Å²) < 4.78 is 6.52. The van der Waals surface area contributed by atoms with Crippen LogP contribution in [0.3, 0.4) is 0 Å². The van der Waals surface area contributed by atoms with Gasteiger partial charge >= 0.3 is 0 Å². The molecule has 3 rings (SSSR count). The third-order valence-corrected chi connectivity index (χ3v) is 4.71. The molecule has 0 saturated carbocycles. The number of nitrogen functional groups attached to an aromatic ring is 1. The minimum absolute atomic E-state index is 0.127. The minimum Gasteiger partial charge on any atom is -0.497 e. The van der Waals surface area contributed by atoms with Crippen molar-refractivity contribution in [3.63, 3.8) is 0 Å². The number of anilines is 1. The summed E-state index contributed by atoms with van der Waals surface area (Å²) in [5, 5.41) is 11.5. The molecule has 1 aromatic heterocycles. The van der Waals surface area contributed by atoms with Crippen LogP contribution in [0.1, 0.15) is 5.56 Å². The molecular formula is C18H19N5O2S. The van der Waals surface area contributed by atoms with Gasteiger partial charge in [-0.2, -0.15) is 0 Å². The maximum absolute atomic E-state index is 12.2. The number of thioether (sulfide) groups is 1. The van der Waals surface area contributed by atoms with E-state index in [1.54, 1.807) is 7.11 Å². The molecule has 0 radical (unpaired) electrons. The Bertz CT molecular complexity index is 908. The molecular weight excluding hydrogens is 350 g/mol. The average Bonchev–Trinajstić information content (AvgIpc) is 3.02. The van der Waals surface area contributed by atoms with Gasteiger partial charge in [-0.25, -0.2) is 4.68 Å². The lowest BCUT2D eigenvalue weighted by molar-refractivity contribution is -0.113. The van der Waals surface area contributed by atoms with Crippen LogP contribution in [-0.2, 0) is 4.79 Å². The van der Waals surface area contributed by atoms with Gasteiger partial charge in [-0.1, -0.05) is 30.0 Å². The van der Waals surface area contributed by atoms with Gasteiger partial charge in [0.1, 0.15) is 5.75 Å². The minimum atomic E-state index is -0.127. The van der Waals surface area contributed by atoms with Crippen LogP contribution >= 0.6 is 11.8 Å². The summed E-state index contributed by atoms with van der Waals surface area (Å²) in [5.74, 6) is 7.41. The van der Waals surface area contributed by atoms with Gasteiger partial charge in [0, 0.05) is 11.3 Å². The number of nitrogens with two attached hydrogens (primary N) is 1. The quantitative estimate of drug-likeness (QED) is 0.512. The third-order valence-electron chi connectivity index (χ3n) is 3.76. The van der Waals surface area contributed by atoms with Gasteiger partial charge in [-0.15, -0.1) is 10.2 Å². The van der Waals surface area contributed by atoms with Crippen LogP contribution in [0.15, 0.2) is 53.7 Å². The number of ether oxygens (including phenoxy) is 1. The van der Waals surface area contributed by atoms with E-state index in [4.69, 9.17) is 10.6 Å². The largest absolute Gasteiger partial charge is 0.497 e. The highest BCUT2D eigenvalue weighted by Crippen LogP contribution is 2.23. The first-order valence-electron chi connectivity index (χ1n) is 7.91. The number of hydrogen-bond acceptors (Lipinski definition) is 6. The number of nitrogens with zero attached hydrogens (tertiary/aromatic N) is 3. The lowest BCUT2D eigenvalue weighted by Crippen LogP contribution is -2.16. The summed E-state index contributed by atoms with van der Waals surface area (Å²) in [6.45, 7) is 1.94. The van der Waals surface area contributed by atoms with E-state index in [1.165, 1.54) is 16.4 Å². The van der Waals surface area contributed by atoms with Crippen LogP contribution in [0.4, 0.5) is 5.69 Å². The van der Waals surface area contributed by atoms with E-state index in [1.807, 2.05) is 55.5 Å². The summed E-state index contributed by atoms with van der Waals surface area (Å²) in [6, 6.07) is 15.0. The molecule has 8 heteroatoms. The van der Waals surface area contributed by atoms with E-state index in [0.717, 1.165) is 22.6 Å². The Hall–Kier alpha value is -3.00. The van der Waals surface area contributed by atoms with Crippen molar-refractivity contribution in [2.45, 2.75) is 12.1 Å². The van der Waals surface area contributed by atoms with Crippen LogP contribution in [0.2, 0.25) is 0 Å². The van der Waals surface area contributed by atoms with Gasteiger partial charge in [-0.3, -0.25) is 4.79 Å². The second-order valence-corrected chi connectivity index (χ2v) is 6.50. The number of nitrogens with one attached hydrogen (secondary N) is 1. The normalized spacial score (nSPS) is 10.5. The molecule has 0 saturated heterocycles. The number of para-hydroxylation sites is 1. The number of aromatic nitrogens is 3. The topological polar surface area (TPSA) is 95.1 Å². The van der Waals surface area contributed by atoms with E-state index in [2.05, 4.69) is 15.5 Å². The van der Waals surface area contributed by atoms with Crippen molar-refractivity contribution in [2.75, 3.05) is 24.0 Å². The Labute approximate surface area is 155 Å². The second-order valence-electron chi connectivity index (χ2n) is 5.56. The van der Waals surface area contributed by atoms with Gasteiger partial charge in [0.25, 0.3) is 0 Å². The number of amides is 1. The van der Waals surface area contributed by atoms with E-state index in [9.17, 15) is 4.79 Å². The molecule has 0 aliphatic heterocycles. The summed E-state index contributed by atoms with van der Waals surface area (Å²) in [7, 11) is 1.61. The first-order valence-corrected chi connectivity index (χ1v) is 8.90. The second kappa shape index (κ2) is 7.92. The fourth-order valence-corrected chi connectivity index (χ4v) is 3.00. The van der Waals surface area contributed by atoms with Crippen molar-refractivity contribution >= 4 is 23.4 Å². The molecule has 0 spiro atoms. The number of aryl methyl sites for hydroxylation is 1. The van der Waals surface area contributed by atoms with Crippen molar-refractivity contribution < 1.29 is 9.53 Å². The molecule has 0 aliphatic rings. The molecule has 7 nitrogen and oxygen atoms in total. The Kier molecular flexibility index (Phi) is 5.43. The maximum atomic E-state index is 12.2. The first-order chi connectivity index (χ1) is 12.6. The van der Waals surface area contributed by atoms with Crippen molar-refractivity contribution in [2.24, 2.45) is 0 Å². The van der Waals surface area contributed by atoms with Gasteiger partial charge in [0.15, 0.2) is 5.82 Å². The third kappa shape index (κ3) is 3.97. The number of carbonyl (C=O) groups is 1. The van der Waals surface area contributed by atoms with Crippen molar-refractivity contribution in [1.29, 1.82) is 0 Å². The zero-order valence-corrected chi connectivity index (χ0v) is 15.3. The highest BCUT2D eigenvalue weighted by atomic mass is 32.2. The first kappa shape index (κ1) is 17.8. The zero-order chi connectivity index (χ0) is 18.5. The molecule has 134 valence electrons.